The first-order valence-electron chi connectivity index (χ1n) is 6.60. The van der Waals surface area contributed by atoms with Crippen LogP contribution in [0.4, 0.5) is 0 Å². The van der Waals surface area contributed by atoms with Gasteiger partial charge in [0.2, 0.25) is 0 Å². The number of benzene rings is 1. The van der Waals surface area contributed by atoms with Crippen molar-refractivity contribution in [3.8, 4) is 5.75 Å². The molecule has 1 aromatic carbocycles. The Kier molecular flexibility index (Phi) is 6.30. The van der Waals surface area contributed by atoms with Crippen LogP contribution in [0.5, 0.6) is 5.75 Å². The Bertz CT molecular complexity index is 459. The van der Waals surface area contributed by atoms with Crippen LogP contribution in [-0.2, 0) is 9.53 Å². The maximum Gasteiger partial charge on any atom is 0.312 e. The standard InChI is InChI=1S/C15H21ClO4/c1-5-20-15(18)13(9(2)3)14(17)10-6-7-12(19-4)11(16)8-10/h6-9,13-14,17H,5H2,1-4H3. The first kappa shape index (κ1) is 16.8. The van der Waals surface area contributed by atoms with Crippen molar-refractivity contribution in [1.82, 2.24) is 0 Å². The number of carbonyl (C=O) groups is 1. The molecule has 1 N–H and O–H groups in total. The van der Waals surface area contributed by atoms with E-state index >= 15 is 0 Å². The molecule has 2 unspecified atom stereocenters. The molecule has 4 nitrogen and oxygen atoms in total. The van der Waals surface area contributed by atoms with Gasteiger partial charge in [-0.25, -0.2) is 0 Å². The van der Waals surface area contributed by atoms with Crippen LogP contribution in [0.25, 0.3) is 0 Å². The van der Waals surface area contributed by atoms with Gasteiger partial charge in [0.05, 0.1) is 30.8 Å². The Hall–Kier alpha value is -1.26. The molecule has 112 valence electrons. The summed E-state index contributed by atoms with van der Waals surface area (Å²) >= 11 is 6.05. The van der Waals surface area contributed by atoms with Crippen LogP contribution in [0.2, 0.25) is 5.02 Å². The fourth-order valence-electron chi connectivity index (χ4n) is 2.08. The van der Waals surface area contributed by atoms with E-state index in [1.807, 2.05) is 13.8 Å². The van der Waals surface area contributed by atoms with Crippen LogP contribution in [-0.4, -0.2) is 24.8 Å². The molecule has 1 rings (SSSR count). The molecular weight excluding hydrogens is 280 g/mol. The van der Waals surface area contributed by atoms with Crippen LogP contribution in [0.1, 0.15) is 32.4 Å². The van der Waals surface area contributed by atoms with Gasteiger partial charge in [-0.05, 0) is 30.5 Å². The van der Waals surface area contributed by atoms with Gasteiger partial charge in [0, 0.05) is 0 Å². The van der Waals surface area contributed by atoms with Crippen molar-refractivity contribution in [3.63, 3.8) is 0 Å². The molecule has 1 aromatic rings. The second-order valence-electron chi connectivity index (χ2n) is 4.86. The van der Waals surface area contributed by atoms with Gasteiger partial charge < -0.3 is 14.6 Å². The zero-order valence-electron chi connectivity index (χ0n) is 12.2. The Morgan fingerprint density at radius 3 is 2.50 bits per heavy atom. The van der Waals surface area contributed by atoms with E-state index in [2.05, 4.69) is 0 Å². The van der Waals surface area contributed by atoms with Gasteiger partial charge in [-0.1, -0.05) is 31.5 Å². The Morgan fingerprint density at radius 1 is 1.40 bits per heavy atom. The summed E-state index contributed by atoms with van der Waals surface area (Å²) in [6.45, 7) is 5.77. The highest BCUT2D eigenvalue weighted by Crippen LogP contribution is 2.33. The molecule has 0 heterocycles. The van der Waals surface area contributed by atoms with E-state index in [-0.39, 0.29) is 12.5 Å². The van der Waals surface area contributed by atoms with E-state index in [1.165, 1.54) is 7.11 Å². The van der Waals surface area contributed by atoms with E-state index in [0.717, 1.165) is 0 Å². The Labute approximate surface area is 124 Å². The van der Waals surface area contributed by atoms with Gasteiger partial charge in [0.1, 0.15) is 5.75 Å². The third-order valence-corrected chi connectivity index (χ3v) is 3.43. The van der Waals surface area contributed by atoms with Crippen molar-refractivity contribution >= 4 is 17.6 Å². The number of aliphatic hydroxyl groups is 1. The maximum atomic E-state index is 12.0. The molecule has 0 aliphatic carbocycles. The van der Waals surface area contributed by atoms with Crippen LogP contribution < -0.4 is 4.74 Å². The molecule has 20 heavy (non-hydrogen) atoms. The smallest absolute Gasteiger partial charge is 0.312 e. The fourth-order valence-corrected chi connectivity index (χ4v) is 2.34. The van der Waals surface area contributed by atoms with E-state index in [9.17, 15) is 9.90 Å². The van der Waals surface area contributed by atoms with Crippen molar-refractivity contribution in [2.24, 2.45) is 11.8 Å². The first-order valence-corrected chi connectivity index (χ1v) is 6.98. The quantitative estimate of drug-likeness (QED) is 0.820. The number of ether oxygens (including phenoxy) is 2. The SMILES string of the molecule is CCOC(=O)C(C(C)C)C(O)c1ccc(OC)c(Cl)c1. The number of esters is 1. The van der Waals surface area contributed by atoms with Gasteiger partial charge >= 0.3 is 5.97 Å². The lowest BCUT2D eigenvalue weighted by atomic mass is 9.86. The molecule has 0 spiro atoms. The summed E-state index contributed by atoms with van der Waals surface area (Å²) in [7, 11) is 1.52. The minimum Gasteiger partial charge on any atom is -0.495 e. The zero-order chi connectivity index (χ0) is 15.3. The van der Waals surface area contributed by atoms with Gasteiger partial charge in [0.15, 0.2) is 0 Å². The van der Waals surface area contributed by atoms with E-state index in [0.29, 0.717) is 16.3 Å². The minimum atomic E-state index is -0.961. The third kappa shape index (κ3) is 3.87. The highest BCUT2D eigenvalue weighted by molar-refractivity contribution is 6.32. The topological polar surface area (TPSA) is 55.8 Å². The van der Waals surface area contributed by atoms with Crippen molar-refractivity contribution < 1.29 is 19.4 Å². The Balaban J connectivity index is 3.03. The molecule has 0 aliphatic heterocycles. The predicted molar refractivity (Wildman–Crippen MR) is 77.9 cm³/mol. The highest BCUT2D eigenvalue weighted by atomic mass is 35.5. The lowest BCUT2D eigenvalue weighted by molar-refractivity contribution is -0.154. The summed E-state index contributed by atoms with van der Waals surface area (Å²) in [4.78, 5) is 12.0. The number of methoxy groups -OCH3 is 1. The molecule has 0 bridgehead atoms. The summed E-state index contributed by atoms with van der Waals surface area (Å²) in [6, 6.07) is 4.98. The molecule has 5 heteroatoms. The number of rotatable bonds is 6. The molecule has 0 fully saturated rings. The maximum absolute atomic E-state index is 12.0. The van der Waals surface area contributed by atoms with Gasteiger partial charge in [-0.15, -0.1) is 0 Å². The van der Waals surface area contributed by atoms with Gasteiger partial charge in [-0.2, -0.15) is 0 Å². The predicted octanol–water partition coefficient (Wildman–Crippen LogP) is 3.22. The first-order chi connectivity index (χ1) is 9.42. The van der Waals surface area contributed by atoms with Crippen LogP contribution in [0.3, 0.4) is 0 Å². The van der Waals surface area contributed by atoms with Crippen molar-refractivity contribution in [2.75, 3.05) is 13.7 Å². The second-order valence-corrected chi connectivity index (χ2v) is 5.27. The lowest BCUT2D eigenvalue weighted by Gasteiger charge is -2.25. The van der Waals surface area contributed by atoms with Crippen molar-refractivity contribution in [1.29, 1.82) is 0 Å². The largest absolute Gasteiger partial charge is 0.495 e. The van der Waals surface area contributed by atoms with Crippen LogP contribution in [0.15, 0.2) is 18.2 Å². The monoisotopic (exact) mass is 300 g/mol. The fraction of sp³-hybridized carbons (Fsp3) is 0.533. The lowest BCUT2D eigenvalue weighted by Crippen LogP contribution is -2.29. The van der Waals surface area contributed by atoms with Crippen LogP contribution in [0, 0.1) is 11.8 Å². The molecule has 0 amide bonds. The molecule has 2 atom stereocenters. The minimum absolute atomic E-state index is 0.0510. The Morgan fingerprint density at radius 2 is 2.05 bits per heavy atom. The van der Waals surface area contributed by atoms with Crippen molar-refractivity contribution in [3.05, 3.63) is 28.8 Å². The van der Waals surface area contributed by atoms with E-state index < -0.39 is 18.0 Å². The summed E-state index contributed by atoms with van der Waals surface area (Å²) < 4.78 is 10.1. The number of aliphatic hydroxyl groups excluding tert-OH is 1. The number of hydrogen-bond donors (Lipinski definition) is 1. The average Bonchev–Trinajstić information content (AvgIpc) is 2.38. The van der Waals surface area contributed by atoms with E-state index in [1.54, 1.807) is 25.1 Å². The van der Waals surface area contributed by atoms with E-state index in [4.69, 9.17) is 21.1 Å². The molecule has 0 saturated heterocycles. The number of carbonyl (C=O) groups excluding carboxylic acids is 1. The number of halogens is 1. The average molecular weight is 301 g/mol. The summed E-state index contributed by atoms with van der Waals surface area (Å²) in [5.74, 6) is -0.550. The normalized spacial score (nSPS) is 13.9. The molecular formula is C15H21ClO4. The zero-order valence-corrected chi connectivity index (χ0v) is 13.0. The summed E-state index contributed by atoms with van der Waals surface area (Å²) in [6.07, 6.45) is -0.961. The second kappa shape index (κ2) is 7.50. The molecule has 0 saturated carbocycles. The molecule has 0 aliphatic rings. The molecule has 0 radical (unpaired) electrons. The van der Waals surface area contributed by atoms with Crippen LogP contribution >= 0.6 is 11.6 Å². The number of hydrogen-bond acceptors (Lipinski definition) is 4. The van der Waals surface area contributed by atoms with Gasteiger partial charge in [0.25, 0.3) is 0 Å². The summed E-state index contributed by atoms with van der Waals surface area (Å²) in [5, 5.41) is 10.8. The molecule has 0 aromatic heterocycles. The highest BCUT2D eigenvalue weighted by Gasteiger charge is 2.32. The summed E-state index contributed by atoms with van der Waals surface area (Å²) in [5.41, 5.74) is 0.572. The van der Waals surface area contributed by atoms with Crippen molar-refractivity contribution in [2.45, 2.75) is 26.9 Å². The third-order valence-electron chi connectivity index (χ3n) is 3.13. The van der Waals surface area contributed by atoms with Gasteiger partial charge in [-0.3, -0.25) is 4.79 Å².